The van der Waals surface area contributed by atoms with Crippen molar-refractivity contribution in [1.82, 2.24) is 0 Å². The zero-order valence-corrected chi connectivity index (χ0v) is 15.0. The van der Waals surface area contributed by atoms with Crippen molar-refractivity contribution < 1.29 is 14.3 Å². The van der Waals surface area contributed by atoms with Gasteiger partial charge < -0.3 is 19.9 Å². The average molecular weight is 363 g/mol. The van der Waals surface area contributed by atoms with Crippen molar-refractivity contribution in [2.24, 2.45) is 0 Å². The molecule has 1 saturated heterocycles. The standard InChI is InChI=1S/C21H21N3O3/c25-20-13-27-19-11-14(8-9-16(19)22-20)21(26)24-12-15-5-3-4-10-23(15)17-6-1-2-7-18(17)24/h1-2,6-9,11,15H,3-5,10,12-13H2,(H,22,25)/t15-/m0/s1. The van der Waals surface area contributed by atoms with Crippen molar-refractivity contribution >= 4 is 28.9 Å². The van der Waals surface area contributed by atoms with Gasteiger partial charge in [0.1, 0.15) is 5.75 Å². The van der Waals surface area contributed by atoms with Gasteiger partial charge in [-0.1, -0.05) is 12.1 Å². The third-order valence-corrected chi connectivity index (χ3v) is 5.61. The van der Waals surface area contributed by atoms with Crippen LogP contribution >= 0.6 is 0 Å². The number of anilines is 3. The lowest BCUT2D eigenvalue weighted by Gasteiger charge is -2.46. The first kappa shape index (κ1) is 16.2. The first-order chi connectivity index (χ1) is 13.2. The molecule has 27 heavy (non-hydrogen) atoms. The van der Waals surface area contributed by atoms with E-state index < -0.39 is 0 Å². The minimum atomic E-state index is -0.177. The number of amides is 2. The number of hydrogen-bond donors (Lipinski definition) is 1. The summed E-state index contributed by atoms with van der Waals surface area (Å²) in [7, 11) is 0. The summed E-state index contributed by atoms with van der Waals surface area (Å²) in [5.74, 6) is 0.338. The highest BCUT2D eigenvalue weighted by Gasteiger charge is 2.35. The zero-order valence-electron chi connectivity index (χ0n) is 15.0. The Labute approximate surface area is 157 Å². The molecule has 5 rings (SSSR count). The molecule has 2 amide bonds. The van der Waals surface area contributed by atoms with Crippen molar-refractivity contribution in [3.8, 4) is 5.75 Å². The topological polar surface area (TPSA) is 61.9 Å². The van der Waals surface area contributed by atoms with Crippen LogP contribution in [-0.4, -0.2) is 37.6 Å². The predicted molar refractivity (Wildman–Crippen MR) is 104 cm³/mol. The molecule has 1 fully saturated rings. The molecule has 6 heteroatoms. The van der Waals surface area contributed by atoms with Crippen LogP contribution in [0.5, 0.6) is 5.75 Å². The van der Waals surface area contributed by atoms with Gasteiger partial charge in [0.15, 0.2) is 6.61 Å². The summed E-state index contributed by atoms with van der Waals surface area (Å²) >= 11 is 0. The van der Waals surface area contributed by atoms with Crippen molar-refractivity contribution in [3.05, 3.63) is 48.0 Å². The summed E-state index contributed by atoms with van der Waals surface area (Å²) in [6.07, 6.45) is 3.52. The smallest absolute Gasteiger partial charge is 0.262 e. The van der Waals surface area contributed by atoms with Crippen LogP contribution in [0.15, 0.2) is 42.5 Å². The molecule has 0 unspecified atom stereocenters. The Balaban J connectivity index is 1.50. The minimum Gasteiger partial charge on any atom is -0.482 e. The molecule has 0 aliphatic carbocycles. The van der Waals surface area contributed by atoms with E-state index in [4.69, 9.17) is 4.74 Å². The van der Waals surface area contributed by atoms with E-state index in [1.54, 1.807) is 18.2 Å². The SMILES string of the molecule is O=C1COc2cc(C(=O)N3C[C@@H]4CCCCN4c4ccccc43)ccc2N1. The molecular weight excluding hydrogens is 342 g/mol. The Bertz CT molecular complexity index is 927. The number of fused-ring (bicyclic) bond motifs is 4. The van der Waals surface area contributed by atoms with Crippen molar-refractivity contribution in [2.75, 3.05) is 34.8 Å². The molecule has 138 valence electrons. The highest BCUT2D eigenvalue weighted by molar-refractivity contribution is 6.09. The van der Waals surface area contributed by atoms with Crippen LogP contribution in [-0.2, 0) is 4.79 Å². The van der Waals surface area contributed by atoms with Crippen LogP contribution < -0.4 is 19.9 Å². The van der Waals surface area contributed by atoms with Gasteiger partial charge in [0, 0.05) is 24.7 Å². The van der Waals surface area contributed by atoms with Gasteiger partial charge in [0.2, 0.25) is 0 Å². The summed E-state index contributed by atoms with van der Waals surface area (Å²) in [6.45, 7) is 1.73. The Morgan fingerprint density at radius 2 is 1.96 bits per heavy atom. The number of benzene rings is 2. The molecule has 2 aromatic carbocycles. The maximum atomic E-state index is 13.4. The zero-order chi connectivity index (χ0) is 18.4. The highest BCUT2D eigenvalue weighted by Crippen LogP contribution is 2.39. The van der Waals surface area contributed by atoms with Gasteiger partial charge in [0.25, 0.3) is 11.8 Å². The number of piperidine rings is 1. The number of carbonyl (C=O) groups excluding carboxylic acids is 2. The maximum Gasteiger partial charge on any atom is 0.262 e. The van der Waals surface area contributed by atoms with Gasteiger partial charge in [-0.15, -0.1) is 0 Å². The fourth-order valence-electron chi connectivity index (χ4n) is 4.31. The van der Waals surface area contributed by atoms with E-state index in [1.807, 2.05) is 23.1 Å². The first-order valence-corrected chi connectivity index (χ1v) is 9.45. The largest absolute Gasteiger partial charge is 0.482 e. The summed E-state index contributed by atoms with van der Waals surface area (Å²) < 4.78 is 5.48. The molecule has 1 atom stereocenters. The van der Waals surface area contributed by atoms with E-state index >= 15 is 0 Å². The van der Waals surface area contributed by atoms with E-state index in [0.717, 1.165) is 24.3 Å². The number of hydrogen-bond acceptors (Lipinski definition) is 4. The number of carbonyl (C=O) groups is 2. The predicted octanol–water partition coefficient (Wildman–Crippen LogP) is 3.04. The van der Waals surface area contributed by atoms with Crippen LogP contribution in [0.1, 0.15) is 29.6 Å². The second-order valence-electron chi connectivity index (χ2n) is 7.30. The van der Waals surface area contributed by atoms with Gasteiger partial charge in [-0.25, -0.2) is 0 Å². The third-order valence-electron chi connectivity index (χ3n) is 5.61. The summed E-state index contributed by atoms with van der Waals surface area (Å²) in [6, 6.07) is 13.7. The number of rotatable bonds is 1. The normalized spacial score (nSPS) is 20.7. The molecule has 3 heterocycles. The second kappa shape index (κ2) is 6.30. The molecule has 3 aliphatic rings. The fourth-order valence-corrected chi connectivity index (χ4v) is 4.31. The van der Waals surface area contributed by atoms with E-state index in [-0.39, 0.29) is 18.4 Å². The molecule has 0 spiro atoms. The third kappa shape index (κ3) is 2.72. The van der Waals surface area contributed by atoms with Crippen molar-refractivity contribution in [3.63, 3.8) is 0 Å². The van der Waals surface area contributed by atoms with Gasteiger partial charge in [-0.05, 0) is 49.6 Å². The Hall–Kier alpha value is -3.02. The van der Waals surface area contributed by atoms with Crippen molar-refractivity contribution in [1.29, 1.82) is 0 Å². The Kier molecular flexibility index (Phi) is 3.77. The van der Waals surface area contributed by atoms with Gasteiger partial charge in [-0.3, -0.25) is 9.59 Å². The van der Waals surface area contributed by atoms with Gasteiger partial charge in [-0.2, -0.15) is 0 Å². The molecule has 1 N–H and O–H groups in total. The number of para-hydroxylation sites is 2. The summed E-state index contributed by atoms with van der Waals surface area (Å²) in [5, 5.41) is 2.76. The monoisotopic (exact) mass is 363 g/mol. The second-order valence-corrected chi connectivity index (χ2v) is 7.30. The quantitative estimate of drug-likeness (QED) is 0.846. The highest BCUT2D eigenvalue weighted by atomic mass is 16.5. The molecule has 3 aliphatic heterocycles. The molecule has 6 nitrogen and oxygen atoms in total. The summed E-state index contributed by atoms with van der Waals surface area (Å²) in [4.78, 5) is 29.1. The van der Waals surface area contributed by atoms with E-state index in [0.29, 0.717) is 29.6 Å². The minimum absolute atomic E-state index is 0.0196. The Morgan fingerprint density at radius 1 is 1.11 bits per heavy atom. The van der Waals surface area contributed by atoms with Gasteiger partial charge >= 0.3 is 0 Å². The number of ether oxygens (including phenoxy) is 1. The molecule has 2 aromatic rings. The van der Waals surface area contributed by atoms with Gasteiger partial charge in [0.05, 0.1) is 17.1 Å². The van der Waals surface area contributed by atoms with Crippen LogP contribution in [0.4, 0.5) is 17.1 Å². The molecule has 0 bridgehead atoms. The fraction of sp³-hybridized carbons (Fsp3) is 0.333. The van der Waals surface area contributed by atoms with Crippen LogP contribution in [0, 0.1) is 0 Å². The number of nitrogens with one attached hydrogen (secondary N) is 1. The molecule has 0 radical (unpaired) electrons. The Morgan fingerprint density at radius 3 is 2.85 bits per heavy atom. The van der Waals surface area contributed by atoms with Crippen LogP contribution in [0.3, 0.4) is 0 Å². The summed E-state index contributed by atoms with van der Waals surface area (Å²) in [5.41, 5.74) is 3.29. The average Bonchev–Trinajstić information content (AvgIpc) is 2.72. The van der Waals surface area contributed by atoms with E-state index in [2.05, 4.69) is 16.3 Å². The lowest BCUT2D eigenvalue weighted by Crippen LogP contribution is -2.52. The van der Waals surface area contributed by atoms with E-state index in [9.17, 15) is 9.59 Å². The van der Waals surface area contributed by atoms with E-state index in [1.165, 1.54) is 12.8 Å². The molecule has 0 aromatic heterocycles. The van der Waals surface area contributed by atoms with Crippen LogP contribution in [0.2, 0.25) is 0 Å². The lowest BCUT2D eigenvalue weighted by molar-refractivity contribution is -0.118. The first-order valence-electron chi connectivity index (χ1n) is 9.45. The lowest BCUT2D eigenvalue weighted by atomic mass is 9.96. The molecule has 0 saturated carbocycles. The van der Waals surface area contributed by atoms with Crippen LogP contribution in [0.25, 0.3) is 0 Å². The van der Waals surface area contributed by atoms with Crippen molar-refractivity contribution in [2.45, 2.75) is 25.3 Å². The molecular formula is C21H21N3O3. The maximum absolute atomic E-state index is 13.4. The number of nitrogens with zero attached hydrogens (tertiary/aromatic N) is 2.